The molecular formula is C10H20N2O. The van der Waals surface area contributed by atoms with Crippen molar-refractivity contribution in [1.82, 2.24) is 10.6 Å². The zero-order valence-electron chi connectivity index (χ0n) is 8.38. The molecule has 2 fully saturated rings. The number of ether oxygens (including phenoxy) is 1. The zero-order valence-corrected chi connectivity index (χ0v) is 8.38. The Morgan fingerprint density at radius 3 is 2.62 bits per heavy atom. The van der Waals surface area contributed by atoms with Crippen LogP contribution < -0.4 is 10.6 Å². The third-order valence-corrected chi connectivity index (χ3v) is 3.17. The van der Waals surface area contributed by atoms with Crippen molar-refractivity contribution in [2.75, 3.05) is 19.7 Å². The molecule has 2 saturated heterocycles. The van der Waals surface area contributed by atoms with Gasteiger partial charge in [-0.1, -0.05) is 0 Å². The minimum Gasteiger partial charge on any atom is -0.377 e. The Morgan fingerprint density at radius 2 is 2.00 bits per heavy atom. The Hall–Kier alpha value is -0.120. The molecule has 0 saturated carbocycles. The Kier molecular flexibility index (Phi) is 3.19. The normalized spacial score (nSPS) is 36.7. The van der Waals surface area contributed by atoms with Crippen LogP contribution in [-0.2, 0) is 4.74 Å². The third kappa shape index (κ3) is 2.42. The summed E-state index contributed by atoms with van der Waals surface area (Å²) in [5.74, 6) is 0. The lowest BCUT2D eigenvalue weighted by molar-refractivity contribution is 0.109. The van der Waals surface area contributed by atoms with Crippen LogP contribution in [0.1, 0.15) is 26.2 Å². The number of hydrogen-bond acceptors (Lipinski definition) is 3. The molecule has 0 spiro atoms. The molecule has 76 valence electrons. The summed E-state index contributed by atoms with van der Waals surface area (Å²) < 4.78 is 5.53. The van der Waals surface area contributed by atoms with Gasteiger partial charge in [0, 0.05) is 18.7 Å². The van der Waals surface area contributed by atoms with Crippen molar-refractivity contribution >= 4 is 0 Å². The highest BCUT2D eigenvalue weighted by Crippen LogP contribution is 2.15. The molecule has 2 N–H and O–H groups in total. The van der Waals surface area contributed by atoms with E-state index in [0.717, 1.165) is 12.6 Å². The average Bonchev–Trinajstić information content (AvgIpc) is 2.54. The van der Waals surface area contributed by atoms with Gasteiger partial charge in [0.05, 0.1) is 6.10 Å². The third-order valence-electron chi connectivity index (χ3n) is 3.17. The van der Waals surface area contributed by atoms with E-state index in [1.165, 1.54) is 32.4 Å². The number of hydrogen-bond donors (Lipinski definition) is 2. The first-order valence-corrected chi connectivity index (χ1v) is 5.44. The lowest BCUT2D eigenvalue weighted by Crippen LogP contribution is -2.46. The van der Waals surface area contributed by atoms with E-state index in [1.54, 1.807) is 0 Å². The Labute approximate surface area is 80.2 Å². The first-order chi connectivity index (χ1) is 6.36. The summed E-state index contributed by atoms with van der Waals surface area (Å²) in [4.78, 5) is 0. The number of piperidine rings is 1. The van der Waals surface area contributed by atoms with Gasteiger partial charge in [0.25, 0.3) is 0 Å². The Morgan fingerprint density at radius 1 is 1.23 bits per heavy atom. The molecule has 0 bridgehead atoms. The molecule has 13 heavy (non-hydrogen) atoms. The number of rotatable bonds is 2. The largest absolute Gasteiger partial charge is 0.377 e. The smallest absolute Gasteiger partial charge is 0.0700 e. The molecule has 0 radical (unpaired) electrons. The fraction of sp³-hybridized carbons (Fsp3) is 1.00. The van der Waals surface area contributed by atoms with E-state index in [9.17, 15) is 0 Å². The van der Waals surface area contributed by atoms with E-state index >= 15 is 0 Å². The summed E-state index contributed by atoms with van der Waals surface area (Å²) in [5.41, 5.74) is 0. The van der Waals surface area contributed by atoms with E-state index in [-0.39, 0.29) is 0 Å². The van der Waals surface area contributed by atoms with Gasteiger partial charge in [-0.3, -0.25) is 0 Å². The van der Waals surface area contributed by atoms with Crippen LogP contribution >= 0.6 is 0 Å². The van der Waals surface area contributed by atoms with E-state index in [2.05, 4.69) is 17.6 Å². The van der Waals surface area contributed by atoms with Gasteiger partial charge in [0.15, 0.2) is 0 Å². The monoisotopic (exact) mass is 184 g/mol. The molecule has 2 atom stereocenters. The molecule has 3 nitrogen and oxygen atoms in total. The SMILES string of the molecule is CC1OCCC1NC1CCNCC1. The maximum Gasteiger partial charge on any atom is 0.0700 e. The van der Waals surface area contributed by atoms with E-state index in [1.807, 2.05) is 0 Å². The van der Waals surface area contributed by atoms with Gasteiger partial charge in [0.2, 0.25) is 0 Å². The topological polar surface area (TPSA) is 33.3 Å². The number of nitrogens with one attached hydrogen (secondary N) is 2. The van der Waals surface area contributed by atoms with Gasteiger partial charge in [-0.05, 0) is 39.3 Å². The molecule has 2 unspecified atom stereocenters. The van der Waals surface area contributed by atoms with Crippen molar-refractivity contribution in [3.05, 3.63) is 0 Å². The Balaban J connectivity index is 1.75. The lowest BCUT2D eigenvalue weighted by atomic mass is 10.0. The standard InChI is InChI=1S/C10H20N2O/c1-8-10(4-7-13-8)12-9-2-5-11-6-3-9/h8-12H,2-7H2,1H3. The molecule has 0 aromatic heterocycles. The second-order valence-electron chi connectivity index (χ2n) is 4.16. The van der Waals surface area contributed by atoms with Gasteiger partial charge < -0.3 is 15.4 Å². The molecule has 2 aliphatic heterocycles. The average molecular weight is 184 g/mol. The van der Waals surface area contributed by atoms with Crippen LogP contribution in [0.5, 0.6) is 0 Å². The van der Waals surface area contributed by atoms with E-state index in [0.29, 0.717) is 12.1 Å². The van der Waals surface area contributed by atoms with Crippen LogP contribution in [0.15, 0.2) is 0 Å². The first-order valence-electron chi connectivity index (χ1n) is 5.44. The van der Waals surface area contributed by atoms with Crippen LogP contribution in [0.25, 0.3) is 0 Å². The predicted molar refractivity (Wildman–Crippen MR) is 52.8 cm³/mol. The summed E-state index contributed by atoms with van der Waals surface area (Å²) in [6, 6.07) is 1.32. The first kappa shape index (κ1) is 9.44. The Bertz CT molecular complexity index is 157. The minimum atomic E-state index is 0.412. The minimum absolute atomic E-state index is 0.412. The molecule has 0 amide bonds. The van der Waals surface area contributed by atoms with Crippen molar-refractivity contribution < 1.29 is 4.74 Å². The molecular weight excluding hydrogens is 164 g/mol. The predicted octanol–water partition coefficient (Wildman–Crippen LogP) is 0.505. The second-order valence-corrected chi connectivity index (χ2v) is 4.16. The van der Waals surface area contributed by atoms with Crippen molar-refractivity contribution in [3.63, 3.8) is 0 Å². The van der Waals surface area contributed by atoms with E-state index in [4.69, 9.17) is 4.74 Å². The van der Waals surface area contributed by atoms with Gasteiger partial charge in [0.1, 0.15) is 0 Å². The maximum absolute atomic E-state index is 5.53. The quantitative estimate of drug-likeness (QED) is 0.656. The van der Waals surface area contributed by atoms with Gasteiger partial charge >= 0.3 is 0 Å². The van der Waals surface area contributed by atoms with Crippen LogP contribution in [0.3, 0.4) is 0 Å². The van der Waals surface area contributed by atoms with Crippen molar-refractivity contribution in [2.45, 2.75) is 44.4 Å². The summed E-state index contributed by atoms with van der Waals surface area (Å²) in [5, 5.41) is 7.08. The fourth-order valence-corrected chi connectivity index (χ4v) is 2.24. The molecule has 2 aliphatic rings. The lowest BCUT2D eigenvalue weighted by Gasteiger charge is -2.28. The molecule has 2 heterocycles. The molecule has 0 aliphatic carbocycles. The highest BCUT2D eigenvalue weighted by Gasteiger charge is 2.26. The highest BCUT2D eigenvalue weighted by atomic mass is 16.5. The summed E-state index contributed by atoms with van der Waals surface area (Å²) in [7, 11) is 0. The fourth-order valence-electron chi connectivity index (χ4n) is 2.24. The second kappa shape index (κ2) is 4.40. The summed E-state index contributed by atoms with van der Waals surface area (Å²) >= 11 is 0. The van der Waals surface area contributed by atoms with Crippen LogP contribution in [0.2, 0.25) is 0 Å². The maximum atomic E-state index is 5.53. The van der Waals surface area contributed by atoms with Gasteiger partial charge in [-0.15, -0.1) is 0 Å². The zero-order chi connectivity index (χ0) is 9.10. The highest BCUT2D eigenvalue weighted by molar-refractivity contribution is 4.84. The van der Waals surface area contributed by atoms with Crippen molar-refractivity contribution in [1.29, 1.82) is 0 Å². The molecule has 3 heteroatoms. The molecule has 0 aromatic carbocycles. The van der Waals surface area contributed by atoms with Crippen molar-refractivity contribution in [3.8, 4) is 0 Å². The summed E-state index contributed by atoms with van der Waals surface area (Å²) in [6.07, 6.45) is 4.13. The molecule has 2 rings (SSSR count). The summed E-state index contributed by atoms with van der Waals surface area (Å²) in [6.45, 7) is 5.44. The molecule has 0 aromatic rings. The van der Waals surface area contributed by atoms with E-state index < -0.39 is 0 Å². The van der Waals surface area contributed by atoms with Crippen LogP contribution in [0, 0.1) is 0 Å². The van der Waals surface area contributed by atoms with Gasteiger partial charge in [-0.25, -0.2) is 0 Å². The van der Waals surface area contributed by atoms with Crippen molar-refractivity contribution in [2.24, 2.45) is 0 Å². The van der Waals surface area contributed by atoms with Crippen LogP contribution in [0.4, 0.5) is 0 Å². The van der Waals surface area contributed by atoms with Gasteiger partial charge in [-0.2, -0.15) is 0 Å². The van der Waals surface area contributed by atoms with Crippen LogP contribution in [-0.4, -0.2) is 37.9 Å².